The fraction of sp³-hybridized carbons (Fsp3) is 0.444. The first-order chi connectivity index (χ1) is 5.90. The molecule has 0 amide bonds. The van der Waals surface area contributed by atoms with E-state index in [9.17, 15) is 0 Å². The van der Waals surface area contributed by atoms with Gasteiger partial charge in [0.2, 0.25) is 0 Å². The molecule has 3 N–H and O–H groups in total. The maximum atomic E-state index is 5.58. The molecule has 0 unspecified atom stereocenters. The molecule has 1 aromatic heterocycles. The highest BCUT2D eigenvalue weighted by atomic mass is 35.5. The summed E-state index contributed by atoms with van der Waals surface area (Å²) in [4.78, 5) is 4.06. The van der Waals surface area contributed by atoms with E-state index in [0.29, 0.717) is 12.6 Å². The van der Waals surface area contributed by atoms with Crippen molar-refractivity contribution in [2.45, 2.75) is 25.4 Å². The normalized spacial score (nSPS) is 13.8. The number of anilines is 1. The van der Waals surface area contributed by atoms with Gasteiger partial charge in [0.15, 0.2) is 0 Å². The van der Waals surface area contributed by atoms with Gasteiger partial charge in [0, 0.05) is 18.8 Å². The van der Waals surface area contributed by atoms with Crippen molar-refractivity contribution in [2.24, 2.45) is 5.73 Å². The Bertz CT molecular complexity index is 277. The minimum atomic E-state index is 0. The maximum absolute atomic E-state index is 5.58. The van der Waals surface area contributed by atoms with Gasteiger partial charge in [0.1, 0.15) is 0 Å². The SMILES string of the molecule is Cl.Cl.NCc1ccncc1NC1CC1. The first kappa shape index (κ1) is 13.5. The largest absolute Gasteiger partial charge is 0.381 e. The van der Waals surface area contributed by atoms with Crippen molar-refractivity contribution in [1.82, 2.24) is 4.98 Å². The lowest BCUT2D eigenvalue weighted by atomic mass is 10.2. The fourth-order valence-corrected chi connectivity index (χ4v) is 1.18. The number of hydrogen-bond donors (Lipinski definition) is 2. The topological polar surface area (TPSA) is 50.9 Å². The zero-order valence-corrected chi connectivity index (χ0v) is 9.40. The van der Waals surface area contributed by atoms with Crippen molar-refractivity contribution < 1.29 is 0 Å². The van der Waals surface area contributed by atoms with Crippen molar-refractivity contribution in [3.8, 4) is 0 Å². The predicted molar refractivity (Wildman–Crippen MR) is 63.3 cm³/mol. The molecule has 1 fully saturated rings. The highest BCUT2D eigenvalue weighted by Gasteiger charge is 2.21. The standard InChI is InChI=1S/C9H13N3.2ClH/c10-5-7-3-4-11-6-9(7)12-8-1-2-8;;/h3-4,6,8,12H,1-2,5,10H2;2*1H. The lowest BCUT2D eigenvalue weighted by Gasteiger charge is -2.07. The molecule has 14 heavy (non-hydrogen) atoms. The van der Waals surface area contributed by atoms with Gasteiger partial charge >= 0.3 is 0 Å². The quantitative estimate of drug-likeness (QED) is 0.843. The molecule has 0 radical (unpaired) electrons. The fourth-order valence-electron chi connectivity index (χ4n) is 1.18. The molecule has 1 saturated carbocycles. The van der Waals surface area contributed by atoms with Crippen LogP contribution in [-0.2, 0) is 6.54 Å². The van der Waals surface area contributed by atoms with Crippen LogP contribution in [0, 0.1) is 0 Å². The molecule has 0 saturated heterocycles. The van der Waals surface area contributed by atoms with E-state index in [2.05, 4.69) is 10.3 Å². The molecular weight excluding hydrogens is 221 g/mol. The van der Waals surface area contributed by atoms with Gasteiger partial charge < -0.3 is 11.1 Å². The van der Waals surface area contributed by atoms with E-state index >= 15 is 0 Å². The van der Waals surface area contributed by atoms with Crippen LogP contribution in [0.15, 0.2) is 18.5 Å². The summed E-state index contributed by atoms with van der Waals surface area (Å²) in [6, 6.07) is 2.63. The van der Waals surface area contributed by atoms with E-state index in [0.717, 1.165) is 11.3 Å². The van der Waals surface area contributed by atoms with Crippen LogP contribution in [-0.4, -0.2) is 11.0 Å². The Morgan fingerprint density at radius 2 is 2.14 bits per heavy atom. The van der Waals surface area contributed by atoms with Gasteiger partial charge in [0.05, 0.1) is 11.9 Å². The van der Waals surface area contributed by atoms with Crippen molar-refractivity contribution in [2.75, 3.05) is 5.32 Å². The first-order valence-electron chi connectivity index (χ1n) is 4.29. The van der Waals surface area contributed by atoms with Crippen molar-refractivity contribution in [3.63, 3.8) is 0 Å². The number of nitrogens with zero attached hydrogens (tertiary/aromatic N) is 1. The van der Waals surface area contributed by atoms with Crippen LogP contribution < -0.4 is 11.1 Å². The molecule has 3 nitrogen and oxygen atoms in total. The molecule has 0 bridgehead atoms. The molecule has 1 aromatic rings. The highest BCUT2D eigenvalue weighted by molar-refractivity contribution is 5.85. The number of halogens is 2. The summed E-state index contributed by atoms with van der Waals surface area (Å²) in [5, 5.41) is 3.39. The molecular formula is C9H15Cl2N3. The molecule has 2 rings (SSSR count). The third-order valence-electron chi connectivity index (χ3n) is 2.07. The third-order valence-corrected chi connectivity index (χ3v) is 2.07. The van der Waals surface area contributed by atoms with E-state index in [1.165, 1.54) is 12.8 Å². The van der Waals surface area contributed by atoms with Crippen LogP contribution >= 0.6 is 24.8 Å². The lowest BCUT2D eigenvalue weighted by molar-refractivity contribution is 1.04. The minimum Gasteiger partial charge on any atom is -0.381 e. The lowest BCUT2D eigenvalue weighted by Crippen LogP contribution is -2.07. The van der Waals surface area contributed by atoms with Gasteiger partial charge in [-0.25, -0.2) is 0 Å². The van der Waals surface area contributed by atoms with Gasteiger partial charge in [-0.15, -0.1) is 24.8 Å². The van der Waals surface area contributed by atoms with Gasteiger partial charge in [-0.2, -0.15) is 0 Å². The Hall–Kier alpha value is -0.510. The second-order valence-electron chi connectivity index (χ2n) is 3.16. The summed E-state index contributed by atoms with van der Waals surface area (Å²) in [6.45, 7) is 0.581. The van der Waals surface area contributed by atoms with Crippen molar-refractivity contribution >= 4 is 30.5 Å². The zero-order valence-electron chi connectivity index (χ0n) is 7.77. The molecule has 1 heterocycles. The summed E-state index contributed by atoms with van der Waals surface area (Å²) in [5.41, 5.74) is 7.83. The second kappa shape index (κ2) is 6.06. The minimum absolute atomic E-state index is 0. The van der Waals surface area contributed by atoms with Gasteiger partial charge in [0.25, 0.3) is 0 Å². The van der Waals surface area contributed by atoms with E-state index in [1.54, 1.807) is 6.20 Å². The molecule has 0 aromatic carbocycles. The summed E-state index contributed by atoms with van der Waals surface area (Å²) in [6.07, 6.45) is 6.18. The van der Waals surface area contributed by atoms with Crippen LogP contribution in [0.4, 0.5) is 5.69 Å². The molecule has 0 aliphatic heterocycles. The Balaban J connectivity index is 0.000000845. The molecule has 0 atom stereocenters. The molecule has 5 heteroatoms. The average Bonchev–Trinajstić information content (AvgIpc) is 2.89. The Morgan fingerprint density at radius 1 is 1.43 bits per heavy atom. The predicted octanol–water partition coefficient (Wildman–Crippen LogP) is 1.96. The molecule has 1 aliphatic carbocycles. The number of rotatable bonds is 3. The Kier molecular flexibility index (Phi) is 5.84. The van der Waals surface area contributed by atoms with Crippen LogP contribution in [0.1, 0.15) is 18.4 Å². The second-order valence-corrected chi connectivity index (χ2v) is 3.16. The first-order valence-corrected chi connectivity index (χ1v) is 4.29. The number of pyridine rings is 1. The van der Waals surface area contributed by atoms with Crippen LogP contribution in [0.25, 0.3) is 0 Å². The third kappa shape index (κ3) is 3.33. The van der Waals surface area contributed by atoms with Crippen LogP contribution in [0.3, 0.4) is 0 Å². The maximum Gasteiger partial charge on any atom is 0.0574 e. The molecule has 80 valence electrons. The Labute approximate surface area is 96.3 Å². The van der Waals surface area contributed by atoms with Gasteiger partial charge in [-0.3, -0.25) is 4.98 Å². The number of nitrogens with one attached hydrogen (secondary N) is 1. The van der Waals surface area contributed by atoms with Crippen molar-refractivity contribution in [1.29, 1.82) is 0 Å². The van der Waals surface area contributed by atoms with Crippen molar-refractivity contribution in [3.05, 3.63) is 24.0 Å². The molecule has 1 aliphatic rings. The Morgan fingerprint density at radius 3 is 2.71 bits per heavy atom. The van der Waals surface area contributed by atoms with E-state index < -0.39 is 0 Å². The van der Waals surface area contributed by atoms with E-state index in [4.69, 9.17) is 5.73 Å². The highest BCUT2D eigenvalue weighted by Crippen LogP contribution is 2.25. The van der Waals surface area contributed by atoms with E-state index in [-0.39, 0.29) is 24.8 Å². The summed E-state index contributed by atoms with van der Waals surface area (Å²) in [5.74, 6) is 0. The number of nitrogens with two attached hydrogens (primary N) is 1. The van der Waals surface area contributed by atoms with Gasteiger partial charge in [-0.05, 0) is 24.5 Å². The smallest absolute Gasteiger partial charge is 0.0574 e. The number of aromatic nitrogens is 1. The average molecular weight is 236 g/mol. The monoisotopic (exact) mass is 235 g/mol. The summed E-state index contributed by atoms with van der Waals surface area (Å²) < 4.78 is 0. The van der Waals surface area contributed by atoms with Crippen LogP contribution in [0.5, 0.6) is 0 Å². The van der Waals surface area contributed by atoms with Crippen LogP contribution in [0.2, 0.25) is 0 Å². The number of hydrogen-bond acceptors (Lipinski definition) is 3. The molecule has 0 spiro atoms. The zero-order chi connectivity index (χ0) is 8.39. The van der Waals surface area contributed by atoms with E-state index in [1.807, 2.05) is 12.3 Å². The van der Waals surface area contributed by atoms with Gasteiger partial charge in [-0.1, -0.05) is 0 Å². The summed E-state index contributed by atoms with van der Waals surface area (Å²) >= 11 is 0. The summed E-state index contributed by atoms with van der Waals surface area (Å²) in [7, 11) is 0.